The summed E-state index contributed by atoms with van der Waals surface area (Å²) in [6.45, 7) is 1.72. The smallest absolute Gasteiger partial charge is 0.435 e. The third kappa shape index (κ3) is 2.99. The van der Waals surface area contributed by atoms with Gasteiger partial charge in [0.2, 0.25) is 12.0 Å². The number of isocyanates is 1. The Morgan fingerprint density at radius 2 is 1.82 bits per heavy atom. The molecule has 114 valence electrons. The van der Waals surface area contributed by atoms with E-state index in [2.05, 4.69) is 9.98 Å². The van der Waals surface area contributed by atoms with Crippen LogP contribution in [0.1, 0.15) is 11.1 Å². The van der Waals surface area contributed by atoms with Crippen LogP contribution in [-0.2, 0) is 10.5 Å². The van der Waals surface area contributed by atoms with Gasteiger partial charge in [-0.15, -0.1) is 4.99 Å². The standard InChI is InChI=1S/C15H11F3N2O2/c1-11-5-7-12(8-6-11)14(20-10-21,15(16,17)18)22-13-4-2-3-9-19-13/h2-9H,1H3. The monoisotopic (exact) mass is 308 g/mol. The van der Waals surface area contributed by atoms with Crippen molar-refractivity contribution < 1.29 is 22.7 Å². The molecule has 1 heterocycles. The van der Waals surface area contributed by atoms with Crippen LogP contribution in [0.3, 0.4) is 0 Å². The second-order valence-corrected chi connectivity index (χ2v) is 4.48. The second kappa shape index (κ2) is 5.99. The highest BCUT2D eigenvalue weighted by Crippen LogP contribution is 2.43. The van der Waals surface area contributed by atoms with E-state index in [4.69, 9.17) is 4.74 Å². The number of ether oxygens (including phenoxy) is 1. The van der Waals surface area contributed by atoms with E-state index in [1.54, 1.807) is 6.92 Å². The van der Waals surface area contributed by atoms with Gasteiger partial charge in [-0.2, -0.15) is 13.2 Å². The highest BCUT2D eigenvalue weighted by Gasteiger charge is 2.60. The molecule has 2 aromatic rings. The first kappa shape index (κ1) is 15.7. The molecule has 0 saturated heterocycles. The van der Waals surface area contributed by atoms with E-state index in [1.807, 2.05) is 0 Å². The molecule has 0 aliphatic heterocycles. The van der Waals surface area contributed by atoms with Crippen LogP contribution in [0, 0.1) is 6.92 Å². The molecule has 1 aromatic heterocycles. The van der Waals surface area contributed by atoms with Gasteiger partial charge < -0.3 is 4.74 Å². The zero-order valence-corrected chi connectivity index (χ0v) is 11.5. The lowest BCUT2D eigenvalue weighted by molar-refractivity contribution is -0.252. The molecule has 0 aliphatic carbocycles. The molecular weight excluding hydrogens is 297 g/mol. The van der Waals surface area contributed by atoms with Crippen molar-refractivity contribution in [3.8, 4) is 5.88 Å². The molecule has 22 heavy (non-hydrogen) atoms. The van der Waals surface area contributed by atoms with Gasteiger partial charge in [0.1, 0.15) is 0 Å². The summed E-state index contributed by atoms with van der Waals surface area (Å²) >= 11 is 0. The Morgan fingerprint density at radius 1 is 1.14 bits per heavy atom. The van der Waals surface area contributed by atoms with Crippen molar-refractivity contribution in [1.29, 1.82) is 0 Å². The molecule has 0 fully saturated rings. The summed E-state index contributed by atoms with van der Waals surface area (Å²) in [5.41, 5.74) is -2.76. The Hall–Kier alpha value is -2.66. The summed E-state index contributed by atoms with van der Waals surface area (Å²) in [6, 6.07) is 9.57. The van der Waals surface area contributed by atoms with E-state index in [0.717, 1.165) is 11.6 Å². The average Bonchev–Trinajstić information content (AvgIpc) is 2.47. The van der Waals surface area contributed by atoms with Crippen molar-refractivity contribution in [3.05, 3.63) is 59.8 Å². The quantitative estimate of drug-likeness (QED) is 0.641. The summed E-state index contributed by atoms with van der Waals surface area (Å²) in [6.07, 6.45) is -2.75. The Labute approximate surface area is 124 Å². The molecule has 0 N–H and O–H groups in total. The van der Waals surface area contributed by atoms with Crippen LogP contribution in [0.5, 0.6) is 5.88 Å². The molecular formula is C15H11F3N2O2. The van der Waals surface area contributed by atoms with E-state index < -0.39 is 11.9 Å². The predicted molar refractivity (Wildman–Crippen MR) is 71.9 cm³/mol. The fourth-order valence-electron chi connectivity index (χ4n) is 1.83. The molecule has 7 heteroatoms. The van der Waals surface area contributed by atoms with Crippen molar-refractivity contribution in [2.45, 2.75) is 18.8 Å². The Balaban J connectivity index is 2.61. The molecule has 1 unspecified atom stereocenters. The maximum absolute atomic E-state index is 13.6. The SMILES string of the molecule is Cc1ccc(C(N=C=O)(Oc2ccccn2)C(F)(F)F)cc1. The Morgan fingerprint density at radius 3 is 2.32 bits per heavy atom. The van der Waals surface area contributed by atoms with Crippen LogP contribution in [-0.4, -0.2) is 17.2 Å². The summed E-state index contributed by atoms with van der Waals surface area (Å²) in [4.78, 5) is 17.2. The van der Waals surface area contributed by atoms with Crippen molar-refractivity contribution in [1.82, 2.24) is 4.98 Å². The number of carbonyl (C=O) groups excluding carboxylic acids is 1. The minimum absolute atomic E-state index is 0.306. The van der Waals surface area contributed by atoms with Gasteiger partial charge in [-0.05, 0) is 13.0 Å². The van der Waals surface area contributed by atoms with Crippen molar-refractivity contribution in [2.24, 2.45) is 4.99 Å². The topological polar surface area (TPSA) is 51.5 Å². The van der Waals surface area contributed by atoms with E-state index in [-0.39, 0.29) is 11.4 Å². The number of hydrogen-bond donors (Lipinski definition) is 0. The van der Waals surface area contributed by atoms with Gasteiger partial charge in [0.15, 0.2) is 0 Å². The molecule has 0 saturated carbocycles. The zero-order valence-electron chi connectivity index (χ0n) is 11.5. The predicted octanol–water partition coefficient (Wildman–Crippen LogP) is 3.52. The number of halogens is 3. The number of rotatable bonds is 4. The lowest BCUT2D eigenvalue weighted by Crippen LogP contribution is -2.46. The highest BCUT2D eigenvalue weighted by molar-refractivity contribution is 5.39. The first-order valence-corrected chi connectivity index (χ1v) is 6.22. The average molecular weight is 308 g/mol. The van der Waals surface area contributed by atoms with Gasteiger partial charge in [-0.3, -0.25) is 0 Å². The molecule has 0 spiro atoms. The van der Waals surface area contributed by atoms with Gasteiger partial charge in [-0.25, -0.2) is 9.78 Å². The first-order chi connectivity index (χ1) is 10.4. The van der Waals surface area contributed by atoms with E-state index in [1.165, 1.54) is 48.7 Å². The largest absolute Gasteiger partial charge is 0.456 e. The summed E-state index contributed by atoms with van der Waals surface area (Å²) in [5, 5.41) is 0. The molecule has 4 nitrogen and oxygen atoms in total. The minimum Gasteiger partial charge on any atom is -0.435 e. The molecule has 0 aliphatic rings. The molecule has 0 amide bonds. The van der Waals surface area contributed by atoms with Gasteiger partial charge in [0.25, 0.3) is 0 Å². The van der Waals surface area contributed by atoms with Gasteiger partial charge in [0.05, 0.1) is 0 Å². The Bertz CT molecular complexity index is 680. The molecule has 2 rings (SSSR count). The third-order valence-electron chi connectivity index (χ3n) is 2.92. The lowest BCUT2D eigenvalue weighted by Gasteiger charge is -2.30. The van der Waals surface area contributed by atoms with E-state index in [9.17, 15) is 18.0 Å². The summed E-state index contributed by atoms with van der Waals surface area (Å²) < 4.78 is 45.8. The van der Waals surface area contributed by atoms with Crippen LogP contribution in [0.2, 0.25) is 0 Å². The lowest BCUT2D eigenvalue weighted by atomic mass is 10.0. The molecule has 0 radical (unpaired) electrons. The maximum atomic E-state index is 13.6. The number of hydrogen-bond acceptors (Lipinski definition) is 4. The highest BCUT2D eigenvalue weighted by atomic mass is 19.4. The molecule has 0 bridgehead atoms. The third-order valence-corrected chi connectivity index (χ3v) is 2.92. The van der Waals surface area contributed by atoms with Crippen LogP contribution < -0.4 is 4.74 Å². The zero-order chi connectivity index (χ0) is 16.2. The van der Waals surface area contributed by atoms with Crippen LogP contribution in [0.15, 0.2) is 53.7 Å². The second-order valence-electron chi connectivity index (χ2n) is 4.48. The van der Waals surface area contributed by atoms with Crippen LogP contribution in [0.25, 0.3) is 0 Å². The van der Waals surface area contributed by atoms with Crippen molar-refractivity contribution in [3.63, 3.8) is 0 Å². The molecule has 1 aromatic carbocycles. The van der Waals surface area contributed by atoms with Crippen molar-refractivity contribution >= 4 is 6.08 Å². The minimum atomic E-state index is -4.98. The maximum Gasteiger partial charge on any atom is 0.456 e. The number of aromatic nitrogens is 1. The van der Waals surface area contributed by atoms with Gasteiger partial charge in [0, 0.05) is 17.8 Å². The fourth-order valence-corrected chi connectivity index (χ4v) is 1.83. The van der Waals surface area contributed by atoms with E-state index in [0.29, 0.717) is 0 Å². The van der Waals surface area contributed by atoms with Gasteiger partial charge in [-0.1, -0.05) is 35.9 Å². The summed E-state index contributed by atoms with van der Waals surface area (Å²) in [7, 11) is 0. The van der Waals surface area contributed by atoms with Crippen molar-refractivity contribution in [2.75, 3.05) is 0 Å². The van der Waals surface area contributed by atoms with E-state index >= 15 is 0 Å². The summed E-state index contributed by atoms with van der Waals surface area (Å²) in [5.74, 6) is -0.306. The number of nitrogens with zero attached hydrogens (tertiary/aromatic N) is 2. The fraction of sp³-hybridized carbons (Fsp3) is 0.200. The number of aliphatic imine (C=N–C) groups is 1. The van der Waals surface area contributed by atoms with Crippen LogP contribution >= 0.6 is 0 Å². The number of benzene rings is 1. The normalized spacial score (nSPS) is 13.8. The van der Waals surface area contributed by atoms with Crippen LogP contribution in [0.4, 0.5) is 13.2 Å². The number of alkyl halides is 3. The molecule has 1 atom stereocenters. The van der Waals surface area contributed by atoms with Gasteiger partial charge >= 0.3 is 11.9 Å². The number of pyridine rings is 1. The first-order valence-electron chi connectivity index (χ1n) is 6.22. The number of aryl methyl sites for hydroxylation is 1. The Kier molecular flexibility index (Phi) is 4.28.